The third kappa shape index (κ3) is 3.63. The van der Waals surface area contributed by atoms with E-state index in [4.69, 9.17) is 0 Å². The van der Waals surface area contributed by atoms with Gasteiger partial charge in [-0.15, -0.1) is 0 Å². The van der Waals surface area contributed by atoms with Crippen LogP contribution in [0.4, 0.5) is 19.0 Å². The van der Waals surface area contributed by atoms with E-state index in [0.29, 0.717) is 0 Å². The Kier molecular flexibility index (Phi) is 5.24. The van der Waals surface area contributed by atoms with Crippen molar-refractivity contribution in [2.45, 2.75) is 18.0 Å². The van der Waals surface area contributed by atoms with Gasteiger partial charge >= 0.3 is 6.18 Å². The molecule has 0 radical (unpaired) electrons. The lowest BCUT2D eigenvalue weighted by Crippen LogP contribution is -2.37. The van der Waals surface area contributed by atoms with Gasteiger partial charge in [-0.3, -0.25) is 5.01 Å². The van der Waals surface area contributed by atoms with Crippen molar-refractivity contribution in [3.8, 4) is 11.9 Å². The second-order valence-corrected chi connectivity index (χ2v) is 7.18. The van der Waals surface area contributed by atoms with E-state index in [2.05, 4.69) is 15.5 Å². The molecule has 2 heterocycles. The van der Waals surface area contributed by atoms with E-state index >= 15 is 0 Å². The zero-order valence-corrected chi connectivity index (χ0v) is 14.9. The quantitative estimate of drug-likeness (QED) is 0.775. The lowest BCUT2D eigenvalue weighted by molar-refractivity contribution is -0.141. The fourth-order valence-corrected chi connectivity index (χ4v) is 2.81. The Morgan fingerprint density at radius 1 is 1.38 bits per heavy atom. The molecular formula is C14H15F3N6O2S. The first-order chi connectivity index (χ1) is 12.0. The van der Waals surface area contributed by atoms with Gasteiger partial charge in [0.05, 0.1) is 4.90 Å². The highest BCUT2D eigenvalue weighted by molar-refractivity contribution is 7.90. The van der Waals surface area contributed by atoms with E-state index in [0.717, 1.165) is 17.1 Å². The fraction of sp³-hybridized carbons (Fsp3) is 0.357. The molecule has 2 aromatic rings. The van der Waals surface area contributed by atoms with Crippen molar-refractivity contribution >= 4 is 15.7 Å². The van der Waals surface area contributed by atoms with Crippen molar-refractivity contribution in [1.29, 1.82) is 5.26 Å². The van der Waals surface area contributed by atoms with Crippen LogP contribution in [-0.4, -0.2) is 43.0 Å². The number of alkyl halides is 3. The molecule has 0 saturated carbocycles. The van der Waals surface area contributed by atoms with Gasteiger partial charge in [0.15, 0.2) is 27.2 Å². The molecule has 0 aliphatic carbocycles. The summed E-state index contributed by atoms with van der Waals surface area (Å²) in [5.41, 5.74) is 0.670. The number of nitrogens with zero attached hydrogens (tertiary/aromatic N) is 5. The number of anilines is 1. The SMILES string of the molecule is CCN(NC)c1c(C#N)c(C(F)(F)F)nn1-c1ccc(S(C)(=O)=O)cn1. The first-order valence-electron chi connectivity index (χ1n) is 7.26. The number of hydrogen-bond donors (Lipinski definition) is 1. The maximum absolute atomic E-state index is 13.3. The summed E-state index contributed by atoms with van der Waals surface area (Å²) in [5.74, 6) is -0.211. The summed E-state index contributed by atoms with van der Waals surface area (Å²) < 4.78 is 63.7. The Balaban J connectivity index is 2.75. The van der Waals surface area contributed by atoms with E-state index in [1.807, 2.05) is 0 Å². The summed E-state index contributed by atoms with van der Waals surface area (Å²) in [6, 6.07) is 3.96. The van der Waals surface area contributed by atoms with Crippen molar-refractivity contribution in [2.24, 2.45) is 0 Å². The molecule has 0 fully saturated rings. The Morgan fingerprint density at radius 3 is 2.42 bits per heavy atom. The molecule has 2 aromatic heterocycles. The predicted octanol–water partition coefficient (Wildman–Crippen LogP) is 1.52. The lowest BCUT2D eigenvalue weighted by atomic mass is 10.2. The van der Waals surface area contributed by atoms with Crippen molar-refractivity contribution in [3.05, 3.63) is 29.6 Å². The predicted molar refractivity (Wildman–Crippen MR) is 86.3 cm³/mol. The molecular weight excluding hydrogens is 373 g/mol. The third-order valence-electron chi connectivity index (χ3n) is 3.45. The molecule has 0 amide bonds. The van der Waals surface area contributed by atoms with Crippen LogP contribution in [0.15, 0.2) is 23.2 Å². The van der Waals surface area contributed by atoms with Crippen molar-refractivity contribution < 1.29 is 21.6 Å². The smallest absolute Gasteiger partial charge is 0.291 e. The van der Waals surface area contributed by atoms with Crippen LogP contribution in [0.3, 0.4) is 0 Å². The minimum absolute atomic E-state index is 0.0619. The molecule has 12 heteroatoms. The Bertz CT molecular complexity index is 941. The second kappa shape index (κ2) is 6.93. The highest BCUT2D eigenvalue weighted by Crippen LogP contribution is 2.36. The van der Waals surface area contributed by atoms with Gasteiger partial charge in [0, 0.05) is 26.0 Å². The summed E-state index contributed by atoms with van der Waals surface area (Å²) in [5, 5.41) is 14.1. The van der Waals surface area contributed by atoms with Crippen LogP contribution in [0.1, 0.15) is 18.2 Å². The molecule has 0 bridgehead atoms. The van der Waals surface area contributed by atoms with Gasteiger partial charge in [0.25, 0.3) is 0 Å². The standard InChI is InChI=1S/C14H15F3N6O2S/c1-4-22(19-2)13-10(7-18)12(14(15,16)17)21-23(13)11-6-5-9(8-20-11)26(3,24)25/h5-6,8,19H,4H2,1-3H3. The Labute approximate surface area is 147 Å². The zero-order chi connectivity index (χ0) is 19.7. The molecule has 26 heavy (non-hydrogen) atoms. The van der Waals surface area contributed by atoms with Gasteiger partial charge in [-0.2, -0.15) is 28.2 Å². The largest absolute Gasteiger partial charge is 0.436 e. The minimum atomic E-state index is -4.84. The van der Waals surface area contributed by atoms with Crippen LogP contribution in [0.5, 0.6) is 0 Å². The normalized spacial score (nSPS) is 12.0. The van der Waals surface area contributed by atoms with E-state index in [-0.39, 0.29) is 23.1 Å². The Morgan fingerprint density at radius 2 is 2.04 bits per heavy atom. The number of aromatic nitrogens is 3. The van der Waals surface area contributed by atoms with Crippen LogP contribution in [0.25, 0.3) is 5.82 Å². The number of sulfone groups is 1. The van der Waals surface area contributed by atoms with Gasteiger partial charge in [-0.05, 0) is 19.1 Å². The summed E-state index contributed by atoms with van der Waals surface area (Å²) in [4.78, 5) is 3.80. The van der Waals surface area contributed by atoms with Crippen molar-refractivity contribution in [3.63, 3.8) is 0 Å². The molecule has 0 unspecified atom stereocenters. The second-order valence-electron chi connectivity index (χ2n) is 5.16. The molecule has 0 aromatic carbocycles. The van der Waals surface area contributed by atoms with Gasteiger partial charge < -0.3 is 0 Å². The van der Waals surface area contributed by atoms with Crippen LogP contribution in [-0.2, 0) is 16.0 Å². The number of rotatable bonds is 5. The first-order valence-corrected chi connectivity index (χ1v) is 9.15. The average molecular weight is 388 g/mol. The third-order valence-corrected chi connectivity index (χ3v) is 4.55. The first kappa shape index (κ1) is 19.7. The average Bonchev–Trinajstić information content (AvgIpc) is 2.95. The summed E-state index contributed by atoms with van der Waals surface area (Å²) in [6.45, 7) is 1.90. The van der Waals surface area contributed by atoms with Crippen LogP contribution >= 0.6 is 0 Å². The van der Waals surface area contributed by atoms with Crippen molar-refractivity contribution in [1.82, 2.24) is 20.2 Å². The van der Waals surface area contributed by atoms with E-state index in [9.17, 15) is 26.9 Å². The van der Waals surface area contributed by atoms with E-state index in [1.165, 1.54) is 30.3 Å². The molecule has 0 saturated heterocycles. The number of nitrogens with one attached hydrogen (secondary N) is 1. The number of pyridine rings is 1. The zero-order valence-electron chi connectivity index (χ0n) is 14.0. The van der Waals surface area contributed by atoms with Gasteiger partial charge in [-0.1, -0.05) is 0 Å². The van der Waals surface area contributed by atoms with Gasteiger partial charge in [0.1, 0.15) is 11.6 Å². The number of halogens is 3. The molecule has 8 nitrogen and oxygen atoms in total. The van der Waals surface area contributed by atoms with Crippen molar-refractivity contribution in [2.75, 3.05) is 24.9 Å². The maximum Gasteiger partial charge on any atom is 0.436 e. The van der Waals surface area contributed by atoms with Crippen LogP contribution in [0, 0.1) is 11.3 Å². The topological polar surface area (TPSA) is 104 Å². The molecule has 0 spiro atoms. The van der Waals surface area contributed by atoms with Gasteiger partial charge in [0.2, 0.25) is 0 Å². The molecule has 2 rings (SSSR count). The molecule has 0 atom stereocenters. The van der Waals surface area contributed by atoms with Crippen LogP contribution in [0.2, 0.25) is 0 Å². The maximum atomic E-state index is 13.3. The monoisotopic (exact) mass is 388 g/mol. The molecule has 0 aliphatic rings. The number of hydrogen-bond acceptors (Lipinski definition) is 7. The summed E-state index contributed by atoms with van der Waals surface area (Å²) in [7, 11) is -2.03. The summed E-state index contributed by atoms with van der Waals surface area (Å²) in [6.07, 6.45) is -2.84. The highest BCUT2D eigenvalue weighted by atomic mass is 32.2. The van der Waals surface area contributed by atoms with Gasteiger partial charge in [-0.25, -0.2) is 18.8 Å². The molecule has 0 aliphatic heterocycles. The number of hydrazine groups is 1. The molecule has 1 N–H and O–H groups in total. The molecule has 140 valence electrons. The highest BCUT2D eigenvalue weighted by Gasteiger charge is 2.41. The number of nitriles is 1. The lowest BCUT2D eigenvalue weighted by Gasteiger charge is -2.22. The summed E-state index contributed by atoms with van der Waals surface area (Å²) >= 11 is 0. The van der Waals surface area contributed by atoms with E-state index < -0.39 is 27.3 Å². The van der Waals surface area contributed by atoms with E-state index in [1.54, 1.807) is 6.92 Å². The minimum Gasteiger partial charge on any atom is -0.291 e. The Hall–Kier alpha value is -2.65. The fourth-order valence-electron chi connectivity index (χ4n) is 2.25. The van der Waals surface area contributed by atoms with Crippen LogP contribution < -0.4 is 10.4 Å².